The van der Waals surface area contributed by atoms with E-state index in [1.54, 1.807) is 16.8 Å². The van der Waals surface area contributed by atoms with Crippen LogP contribution in [0.15, 0.2) is 71.9 Å². The first-order valence-corrected chi connectivity index (χ1v) is 7.45. The molecule has 0 unspecified atom stereocenters. The lowest BCUT2D eigenvalue weighted by atomic mass is 10.2. The fraction of sp³-hybridized carbons (Fsp3) is 0.0556. The third-order valence-corrected chi connectivity index (χ3v) is 3.82. The molecule has 118 valence electrons. The molecule has 4 rings (SSSR count). The Balaban J connectivity index is 1.77. The van der Waals surface area contributed by atoms with Gasteiger partial charge in [-0.2, -0.15) is 5.10 Å². The van der Waals surface area contributed by atoms with Crippen LogP contribution >= 0.6 is 0 Å². The molecule has 0 fully saturated rings. The van der Waals surface area contributed by atoms with Crippen molar-refractivity contribution in [2.24, 2.45) is 0 Å². The molecule has 0 aliphatic rings. The van der Waals surface area contributed by atoms with Crippen molar-refractivity contribution < 1.29 is 4.39 Å². The Bertz CT molecular complexity index is 1050. The zero-order valence-corrected chi connectivity index (χ0v) is 12.6. The molecule has 4 aromatic rings. The molecule has 0 amide bonds. The SMILES string of the molecule is O=c1c2cnn(-c3ccccc3)c2ncn1Cc1ccc(F)cc1. The van der Waals surface area contributed by atoms with E-state index in [0.29, 0.717) is 17.6 Å². The number of hydrogen-bond acceptors (Lipinski definition) is 3. The van der Waals surface area contributed by atoms with Crippen molar-refractivity contribution in [2.75, 3.05) is 0 Å². The number of nitrogens with zero attached hydrogens (tertiary/aromatic N) is 4. The lowest BCUT2D eigenvalue weighted by molar-refractivity contribution is 0.626. The van der Waals surface area contributed by atoms with Crippen molar-refractivity contribution in [2.45, 2.75) is 6.54 Å². The summed E-state index contributed by atoms with van der Waals surface area (Å²) in [7, 11) is 0. The van der Waals surface area contributed by atoms with E-state index < -0.39 is 0 Å². The van der Waals surface area contributed by atoms with Crippen LogP contribution in [0.1, 0.15) is 5.56 Å². The average molecular weight is 320 g/mol. The van der Waals surface area contributed by atoms with Crippen LogP contribution in [-0.4, -0.2) is 19.3 Å². The highest BCUT2D eigenvalue weighted by molar-refractivity contribution is 5.74. The predicted octanol–water partition coefficient (Wildman–Crippen LogP) is 2.77. The molecule has 0 saturated heterocycles. The van der Waals surface area contributed by atoms with Crippen LogP contribution < -0.4 is 5.56 Å². The number of halogens is 1. The van der Waals surface area contributed by atoms with Gasteiger partial charge >= 0.3 is 0 Å². The molecule has 0 spiro atoms. The first-order valence-electron chi connectivity index (χ1n) is 7.45. The molecule has 5 nitrogen and oxygen atoms in total. The van der Waals surface area contributed by atoms with Gasteiger partial charge in [-0.25, -0.2) is 14.1 Å². The smallest absolute Gasteiger partial charge is 0.264 e. The summed E-state index contributed by atoms with van der Waals surface area (Å²) in [6.45, 7) is 0.332. The molecule has 0 saturated carbocycles. The third kappa shape index (κ3) is 2.48. The third-order valence-electron chi connectivity index (χ3n) is 3.82. The van der Waals surface area contributed by atoms with Gasteiger partial charge < -0.3 is 0 Å². The zero-order valence-electron chi connectivity index (χ0n) is 12.6. The van der Waals surface area contributed by atoms with Crippen LogP contribution in [0.3, 0.4) is 0 Å². The van der Waals surface area contributed by atoms with Crippen LogP contribution in [0.5, 0.6) is 0 Å². The van der Waals surface area contributed by atoms with E-state index in [-0.39, 0.29) is 11.4 Å². The predicted molar refractivity (Wildman–Crippen MR) is 88.6 cm³/mol. The minimum absolute atomic E-state index is 0.175. The van der Waals surface area contributed by atoms with Crippen molar-refractivity contribution in [3.63, 3.8) is 0 Å². The number of hydrogen-bond donors (Lipinski definition) is 0. The molecule has 6 heteroatoms. The van der Waals surface area contributed by atoms with Crippen LogP contribution in [0.25, 0.3) is 16.7 Å². The highest BCUT2D eigenvalue weighted by Crippen LogP contribution is 2.13. The molecule has 0 N–H and O–H groups in total. The molecular formula is C18H13FN4O. The number of benzene rings is 2. The first kappa shape index (κ1) is 14.3. The topological polar surface area (TPSA) is 52.7 Å². The molecule has 2 heterocycles. The minimum atomic E-state index is -0.302. The van der Waals surface area contributed by atoms with E-state index in [4.69, 9.17) is 0 Å². The van der Waals surface area contributed by atoms with Gasteiger partial charge in [0.15, 0.2) is 5.65 Å². The van der Waals surface area contributed by atoms with E-state index in [1.807, 2.05) is 30.3 Å². The molecule has 0 aliphatic carbocycles. The molecule has 0 aliphatic heterocycles. The highest BCUT2D eigenvalue weighted by Gasteiger charge is 2.11. The second kappa shape index (κ2) is 5.73. The summed E-state index contributed by atoms with van der Waals surface area (Å²) in [5.41, 5.74) is 2.01. The van der Waals surface area contributed by atoms with Gasteiger partial charge in [-0.3, -0.25) is 9.36 Å². The van der Waals surface area contributed by atoms with Crippen LogP contribution in [0.2, 0.25) is 0 Å². The molecule has 0 atom stereocenters. The molecular weight excluding hydrogens is 307 g/mol. The van der Waals surface area contributed by atoms with Crippen molar-refractivity contribution in [3.05, 3.63) is 88.9 Å². The maximum absolute atomic E-state index is 13.0. The largest absolute Gasteiger partial charge is 0.294 e. The lowest BCUT2D eigenvalue weighted by Gasteiger charge is -2.06. The number of para-hydroxylation sites is 1. The Kier molecular flexibility index (Phi) is 3.42. The summed E-state index contributed by atoms with van der Waals surface area (Å²) in [4.78, 5) is 17.0. The van der Waals surface area contributed by atoms with Gasteiger partial charge in [0.25, 0.3) is 5.56 Å². The van der Waals surface area contributed by atoms with Crippen molar-refractivity contribution in [1.29, 1.82) is 0 Å². The minimum Gasteiger partial charge on any atom is -0.294 e. The van der Waals surface area contributed by atoms with Gasteiger partial charge in [0.05, 0.1) is 18.4 Å². The molecule has 2 aromatic heterocycles. The van der Waals surface area contributed by atoms with Gasteiger partial charge in [0.1, 0.15) is 17.5 Å². The van der Waals surface area contributed by atoms with E-state index in [9.17, 15) is 9.18 Å². The van der Waals surface area contributed by atoms with Gasteiger partial charge in [0, 0.05) is 0 Å². The summed E-state index contributed by atoms with van der Waals surface area (Å²) in [6.07, 6.45) is 3.02. The van der Waals surface area contributed by atoms with Gasteiger partial charge in [-0.05, 0) is 29.8 Å². The highest BCUT2D eigenvalue weighted by atomic mass is 19.1. The molecule has 0 bridgehead atoms. The van der Waals surface area contributed by atoms with Crippen molar-refractivity contribution >= 4 is 11.0 Å². The fourth-order valence-corrected chi connectivity index (χ4v) is 2.61. The first-order chi connectivity index (χ1) is 11.7. The van der Waals surface area contributed by atoms with Gasteiger partial charge in [0.2, 0.25) is 0 Å². The van der Waals surface area contributed by atoms with Crippen molar-refractivity contribution in [3.8, 4) is 5.69 Å². The zero-order chi connectivity index (χ0) is 16.5. The molecule has 2 aromatic carbocycles. The van der Waals surface area contributed by atoms with E-state index >= 15 is 0 Å². The van der Waals surface area contributed by atoms with Crippen LogP contribution in [0, 0.1) is 5.82 Å². The Morgan fingerprint density at radius 3 is 2.50 bits per heavy atom. The monoisotopic (exact) mass is 320 g/mol. The Morgan fingerprint density at radius 1 is 1.00 bits per heavy atom. The quantitative estimate of drug-likeness (QED) is 0.583. The lowest BCUT2D eigenvalue weighted by Crippen LogP contribution is -2.21. The second-order valence-corrected chi connectivity index (χ2v) is 5.43. The maximum atomic E-state index is 13.0. The Labute approximate surface area is 136 Å². The summed E-state index contributed by atoms with van der Waals surface area (Å²) < 4.78 is 16.1. The standard InChI is InChI=1S/C18H13FN4O/c19-14-8-6-13(7-9-14)11-22-12-20-17-16(18(22)24)10-21-23(17)15-4-2-1-3-5-15/h1-10,12H,11H2. The normalized spacial score (nSPS) is 11.0. The van der Waals surface area contributed by atoms with E-state index in [1.165, 1.54) is 29.2 Å². The second-order valence-electron chi connectivity index (χ2n) is 5.43. The number of aromatic nitrogens is 4. The maximum Gasteiger partial charge on any atom is 0.264 e. The fourth-order valence-electron chi connectivity index (χ4n) is 2.61. The summed E-state index contributed by atoms with van der Waals surface area (Å²) >= 11 is 0. The average Bonchev–Trinajstić information content (AvgIpc) is 3.05. The Hall–Kier alpha value is -3.28. The van der Waals surface area contributed by atoms with Gasteiger partial charge in [-0.15, -0.1) is 0 Å². The Morgan fingerprint density at radius 2 is 1.75 bits per heavy atom. The van der Waals surface area contributed by atoms with Crippen molar-refractivity contribution in [1.82, 2.24) is 19.3 Å². The summed E-state index contributed by atoms with van der Waals surface area (Å²) in [6, 6.07) is 15.6. The van der Waals surface area contributed by atoms with Gasteiger partial charge in [-0.1, -0.05) is 30.3 Å². The van der Waals surface area contributed by atoms with E-state index in [2.05, 4.69) is 10.1 Å². The molecule has 0 radical (unpaired) electrons. The van der Waals surface area contributed by atoms with Crippen LogP contribution in [0.4, 0.5) is 4.39 Å². The number of fused-ring (bicyclic) bond motifs is 1. The van der Waals surface area contributed by atoms with Crippen LogP contribution in [-0.2, 0) is 6.54 Å². The number of rotatable bonds is 3. The molecule has 24 heavy (non-hydrogen) atoms. The summed E-state index contributed by atoms with van der Waals surface area (Å²) in [5.74, 6) is -0.302. The van der Waals surface area contributed by atoms with E-state index in [0.717, 1.165) is 11.3 Å². The summed E-state index contributed by atoms with van der Waals surface area (Å²) in [5, 5.41) is 4.73.